The van der Waals surface area contributed by atoms with Crippen molar-refractivity contribution in [1.82, 2.24) is 4.90 Å². The summed E-state index contributed by atoms with van der Waals surface area (Å²) in [6, 6.07) is 5.27. The predicted molar refractivity (Wildman–Crippen MR) is 80.6 cm³/mol. The number of nitrogens with two attached hydrogens (primary N) is 1. The second kappa shape index (κ2) is 5.97. The zero-order chi connectivity index (χ0) is 14.0. The molecule has 1 aliphatic heterocycles. The van der Waals surface area contributed by atoms with Crippen molar-refractivity contribution < 1.29 is 4.39 Å². The molecule has 0 amide bonds. The van der Waals surface area contributed by atoms with Gasteiger partial charge < -0.3 is 5.73 Å². The van der Waals surface area contributed by atoms with Gasteiger partial charge >= 0.3 is 0 Å². The van der Waals surface area contributed by atoms with Gasteiger partial charge in [-0.1, -0.05) is 25.2 Å². The standard InChI is InChI=1S/C15H21FN2S/c1-10-5-6-18(11(2)7-10)9-12-3-4-13(16)8-14(12)15(17)19/h3-4,8,10-11H,5-7,9H2,1-2H3,(H2,17,19). The molecule has 2 unspecified atom stereocenters. The highest BCUT2D eigenvalue weighted by Gasteiger charge is 2.23. The van der Waals surface area contributed by atoms with E-state index in [-0.39, 0.29) is 10.8 Å². The highest BCUT2D eigenvalue weighted by molar-refractivity contribution is 7.80. The average molecular weight is 280 g/mol. The number of likely N-dealkylation sites (tertiary alicyclic amines) is 1. The molecular weight excluding hydrogens is 259 g/mol. The monoisotopic (exact) mass is 280 g/mol. The number of hydrogen-bond acceptors (Lipinski definition) is 2. The molecule has 2 nitrogen and oxygen atoms in total. The van der Waals surface area contributed by atoms with Crippen LogP contribution in [0.25, 0.3) is 0 Å². The number of piperidine rings is 1. The van der Waals surface area contributed by atoms with Gasteiger partial charge in [-0.05, 0) is 49.9 Å². The first-order valence-corrected chi connectivity index (χ1v) is 7.20. The predicted octanol–water partition coefficient (Wildman–Crippen LogP) is 3.08. The van der Waals surface area contributed by atoms with Crippen molar-refractivity contribution >= 4 is 17.2 Å². The number of nitrogens with zero attached hydrogens (tertiary/aromatic N) is 1. The van der Waals surface area contributed by atoms with Gasteiger partial charge in [0.05, 0.1) is 0 Å². The van der Waals surface area contributed by atoms with Crippen molar-refractivity contribution in [2.24, 2.45) is 11.7 Å². The third-order valence-electron chi connectivity index (χ3n) is 3.99. The van der Waals surface area contributed by atoms with Crippen LogP contribution < -0.4 is 5.73 Å². The molecule has 1 heterocycles. The SMILES string of the molecule is CC1CCN(Cc2ccc(F)cc2C(N)=S)C(C)C1. The molecule has 0 aliphatic carbocycles. The maximum atomic E-state index is 13.3. The fraction of sp³-hybridized carbons (Fsp3) is 0.533. The van der Waals surface area contributed by atoms with Gasteiger partial charge in [0, 0.05) is 18.2 Å². The zero-order valence-corrected chi connectivity index (χ0v) is 12.3. The van der Waals surface area contributed by atoms with E-state index in [1.54, 1.807) is 6.07 Å². The van der Waals surface area contributed by atoms with Crippen LogP contribution in [0.1, 0.15) is 37.8 Å². The van der Waals surface area contributed by atoms with E-state index in [4.69, 9.17) is 18.0 Å². The van der Waals surface area contributed by atoms with Gasteiger partial charge in [-0.25, -0.2) is 4.39 Å². The lowest BCUT2D eigenvalue weighted by Gasteiger charge is -2.36. The Morgan fingerprint density at radius 2 is 2.21 bits per heavy atom. The fourth-order valence-corrected chi connectivity index (χ4v) is 3.02. The number of halogens is 1. The summed E-state index contributed by atoms with van der Waals surface area (Å²) in [5.74, 6) is 0.501. The smallest absolute Gasteiger partial charge is 0.123 e. The van der Waals surface area contributed by atoms with E-state index in [2.05, 4.69) is 18.7 Å². The Morgan fingerprint density at radius 1 is 1.47 bits per heavy atom. The minimum absolute atomic E-state index is 0.271. The molecule has 1 fully saturated rings. The minimum Gasteiger partial charge on any atom is -0.389 e. The molecule has 0 aromatic heterocycles. The largest absolute Gasteiger partial charge is 0.389 e. The summed E-state index contributed by atoms with van der Waals surface area (Å²) in [6.07, 6.45) is 2.43. The number of hydrogen-bond donors (Lipinski definition) is 1. The second-order valence-electron chi connectivity index (χ2n) is 5.61. The first-order valence-electron chi connectivity index (χ1n) is 6.79. The average Bonchev–Trinajstić information content (AvgIpc) is 2.34. The lowest BCUT2D eigenvalue weighted by molar-refractivity contribution is 0.122. The van der Waals surface area contributed by atoms with Crippen LogP contribution in [-0.2, 0) is 6.54 Å². The molecule has 1 saturated heterocycles. The molecule has 2 rings (SSSR count). The highest BCUT2D eigenvalue weighted by atomic mass is 32.1. The third-order valence-corrected chi connectivity index (χ3v) is 4.21. The lowest BCUT2D eigenvalue weighted by Crippen LogP contribution is -2.39. The molecular formula is C15H21FN2S. The number of rotatable bonds is 3. The molecule has 1 aromatic carbocycles. The Morgan fingerprint density at radius 3 is 2.84 bits per heavy atom. The van der Waals surface area contributed by atoms with Crippen LogP contribution in [0, 0.1) is 11.7 Å². The first kappa shape index (κ1) is 14.4. The summed E-state index contributed by atoms with van der Waals surface area (Å²) in [6.45, 7) is 6.42. The van der Waals surface area contributed by atoms with Gasteiger partial charge in [-0.3, -0.25) is 4.90 Å². The van der Waals surface area contributed by atoms with Crippen molar-refractivity contribution in [2.45, 2.75) is 39.3 Å². The van der Waals surface area contributed by atoms with E-state index in [1.165, 1.54) is 25.0 Å². The molecule has 0 radical (unpaired) electrons. The summed E-state index contributed by atoms with van der Waals surface area (Å²) >= 11 is 5.02. The van der Waals surface area contributed by atoms with Crippen molar-refractivity contribution in [2.75, 3.05) is 6.54 Å². The van der Waals surface area contributed by atoms with Crippen LogP contribution in [0.5, 0.6) is 0 Å². The van der Waals surface area contributed by atoms with Crippen molar-refractivity contribution in [3.63, 3.8) is 0 Å². The maximum Gasteiger partial charge on any atom is 0.123 e. The molecule has 0 bridgehead atoms. The third kappa shape index (κ3) is 3.51. The van der Waals surface area contributed by atoms with E-state index in [0.29, 0.717) is 11.6 Å². The zero-order valence-electron chi connectivity index (χ0n) is 11.5. The molecule has 2 atom stereocenters. The molecule has 0 saturated carbocycles. The number of benzene rings is 1. The fourth-order valence-electron chi connectivity index (χ4n) is 2.83. The lowest BCUT2D eigenvalue weighted by atomic mass is 9.92. The molecule has 0 spiro atoms. The summed E-state index contributed by atoms with van der Waals surface area (Å²) in [7, 11) is 0. The Balaban J connectivity index is 2.17. The van der Waals surface area contributed by atoms with Crippen LogP contribution in [0.2, 0.25) is 0 Å². The topological polar surface area (TPSA) is 29.3 Å². The van der Waals surface area contributed by atoms with E-state index < -0.39 is 0 Å². The van der Waals surface area contributed by atoms with E-state index in [9.17, 15) is 4.39 Å². The summed E-state index contributed by atoms with van der Waals surface area (Å²) in [5, 5.41) is 0. The van der Waals surface area contributed by atoms with Crippen molar-refractivity contribution in [3.05, 3.63) is 35.1 Å². The summed E-state index contributed by atoms with van der Waals surface area (Å²) < 4.78 is 13.3. The second-order valence-corrected chi connectivity index (χ2v) is 6.05. The molecule has 19 heavy (non-hydrogen) atoms. The highest BCUT2D eigenvalue weighted by Crippen LogP contribution is 2.24. The first-order chi connectivity index (χ1) is 8.97. The van der Waals surface area contributed by atoms with Crippen LogP contribution >= 0.6 is 12.2 Å². The molecule has 1 aliphatic rings. The molecule has 2 N–H and O–H groups in total. The van der Waals surface area contributed by atoms with Gasteiger partial charge in [0.2, 0.25) is 0 Å². The quantitative estimate of drug-likeness (QED) is 0.863. The van der Waals surface area contributed by atoms with Crippen LogP contribution in [0.15, 0.2) is 18.2 Å². The Bertz CT molecular complexity index is 475. The van der Waals surface area contributed by atoms with Gasteiger partial charge in [0.1, 0.15) is 10.8 Å². The van der Waals surface area contributed by atoms with E-state index in [0.717, 1.165) is 24.6 Å². The summed E-state index contributed by atoms with van der Waals surface area (Å²) in [4.78, 5) is 2.70. The van der Waals surface area contributed by atoms with Crippen LogP contribution in [0.4, 0.5) is 4.39 Å². The van der Waals surface area contributed by atoms with E-state index >= 15 is 0 Å². The van der Waals surface area contributed by atoms with Gasteiger partial charge in [-0.15, -0.1) is 0 Å². The molecule has 104 valence electrons. The van der Waals surface area contributed by atoms with Crippen LogP contribution in [0.3, 0.4) is 0 Å². The van der Waals surface area contributed by atoms with E-state index in [1.807, 2.05) is 0 Å². The minimum atomic E-state index is -0.285. The van der Waals surface area contributed by atoms with Crippen molar-refractivity contribution in [3.8, 4) is 0 Å². The van der Waals surface area contributed by atoms with Crippen LogP contribution in [-0.4, -0.2) is 22.5 Å². The normalized spacial score (nSPS) is 24.4. The van der Waals surface area contributed by atoms with Gasteiger partial charge in [-0.2, -0.15) is 0 Å². The Kier molecular flexibility index (Phi) is 4.53. The van der Waals surface area contributed by atoms with Gasteiger partial charge in [0.15, 0.2) is 0 Å². The number of thiocarbonyl (C=S) groups is 1. The van der Waals surface area contributed by atoms with Gasteiger partial charge in [0.25, 0.3) is 0 Å². The summed E-state index contributed by atoms with van der Waals surface area (Å²) in [5.41, 5.74) is 7.38. The van der Waals surface area contributed by atoms with Crippen molar-refractivity contribution in [1.29, 1.82) is 0 Å². The molecule has 4 heteroatoms. The maximum absolute atomic E-state index is 13.3. The molecule has 1 aromatic rings. The Labute approximate surface area is 119 Å². The Hall–Kier alpha value is -1.00.